The first-order valence-corrected chi connectivity index (χ1v) is 19.0. The number of hydrogen-bond acceptors (Lipinski definition) is 1. The maximum absolute atomic E-state index is 2.40. The van der Waals surface area contributed by atoms with Gasteiger partial charge in [0.2, 0.25) is 0 Å². The molecule has 0 saturated heterocycles. The Kier molecular flexibility index (Phi) is 9.12. The molecule has 262 valence electrons. The van der Waals surface area contributed by atoms with Crippen molar-refractivity contribution in [3.8, 4) is 11.1 Å². The van der Waals surface area contributed by atoms with Crippen molar-refractivity contribution in [2.45, 2.75) is 13.8 Å². The van der Waals surface area contributed by atoms with Gasteiger partial charge in [-0.1, -0.05) is 170 Å². The zero-order chi connectivity index (χ0) is 37.1. The smallest absolute Gasteiger partial charge is 0.0468 e. The summed E-state index contributed by atoms with van der Waals surface area (Å²) in [7, 11) is 0. The Morgan fingerprint density at radius 3 is 1.36 bits per heavy atom. The van der Waals surface area contributed by atoms with E-state index in [0.29, 0.717) is 0 Å². The van der Waals surface area contributed by atoms with E-state index in [2.05, 4.69) is 231 Å². The zero-order valence-corrected chi connectivity index (χ0v) is 31.2. The summed E-state index contributed by atoms with van der Waals surface area (Å²) < 4.78 is 0. The van der Waals surface area contributed by atoms with Gasteiger partial charge in [-0.15, -0.1) is 0 Å². The van der Waals surface area contributed by atoms with Crippen molar-refractivity contribution in [2.24, 2.45) is 0 Å². The number of benzene rings is 9. The molecule has 0 aliphatic rings. The van der Waals surface area contributed by atoms with Crippen molar-refractivity contribution in [3.63, 3.8) is 0 Å². The maximum Gasteiger partial charge on any atom is 0.0468 e. The second kappa shape index (κ2) is 14.8. The fourth-order valence-corrected chi connectivity index (χ4v) is 7.86. The van der Waals surface area contributed by atoms with E-state index in [1.807, 2.05) is 0 Å². The minimum absolute atomic E-state index is 1.11. The van der Waals surface area contributed by atoms with E-state index in [1.54, 1.807) is 0 Å². The van der Waals surface area contributed by atoms with Gasteiger partial charge in [-0.05, 0) is 133 Å². The van der Waals surface area contributed by atoms with E-state index in [0.717, 1.165) is 22.6 Å². The van der Waals surface area contributed by atoms with E-state index < -0.39 is 0 Å². The largest absolute Gasteiger partial charge is 0.310 e. The number of fused-ring (bicyclic) bond motifs is 6. The van der Waals surface area contributed by atoms with E-state index in [1.165, 1.54) is 71.3 Å². The van der Waals surface area contributed by atoms with Crippen LogP contribution in [0.3, 0.4) is 0 Å². The van der Waals surface area contributed by atoms with Crippen molar-refractivity contribution < 1.29 is 0 Å². The van der Waals surface area contributed by atoms with E-state index in [4.69, 9.17) is 0 Å². The number of nitrogens with zero attached hydrogens (tertiary/aromatic N) is 1. The Labute approximate surface area is 323 Å². The van der Waals surface area contributed by atoms with E-state index in [9.17, 15) is 0 Å². The molecular weight excluding hydrogens is 663 g/mol. The molecule has 0 amide bonds. The first-order valence-electron chi connectivity index (χ1n) is 19.0. The van der Waals surface area contributed by atoms with Crippen LogP contribution in [0.5, 0.6) is 0 Å². The Balaban J connectivity index is 1.17. The summed E-state index contributed by atoms with van der Waals surface area (Å²) in [6.45, 7) is 4.42. The molecule has 0 unspecified atom stereocenters. The lowest BCUT2D eigenvalue weighted by Crippen LogP contribution is -2.10. The average molecular weight is 704 g/mol. The van der Waals surface area contributed by atoms with Crippen LogP contribution in [0.15, 0.2) is 188 Å². The summed E-state index contributed by atoms with van der Waals surface area (Å²) in [6, 6.07) is 68.1. The average Bonchev–Trinajstić information content (AvgIpc) is 3.24. The second-order valence-electron chi connectivity index (χ2n) is 14.3. The number of anilines is 3. The quantitative estimate of drug-likeness (QED) is 0.112. The van der Waals surface area contributed by atoms with Crippen molar-refractivity contribution in [1.29, 1.82) is 0 Å². The fourth-order valence-electron chi connectivity index (χ4n) is 7.86. The molecule has 0 bridgehead atoms. The molecule has 0 spiro atoms. The molecule has 0 aliphatic carbocycles. The lowest BCUT2D eigenvalue weighted by atomic mass is 9.92. The SMILES string of the molecule is Cc1ccccc1-c1ccc(N(c2ccc(C=Cc3ccccc3)cc2)c2ccc3c4ccc(C=Cc5ccccc5)cc4c4ccccc4c3c2)cc1C. The first kappa shape index (κ1) is 33.8. The summed E-state index contributed by atoms with van der Waals surface area (Å²) >= 11 is 0. The predicted molar refractivity (Wildman–Crippen MR) is 239 cm³/mol. The molecular formula is C54H41N. The van der Waals surface area contributed by atoms with Crippen LogP contribution in [0.1, 0.15) is 33.4 Å². The predicted octanol–water partition coefficient (Wildman–Crippen LogP) is 15.2. The molecule has 0 heterocycles. The van der Waals surface area contributed by atoms with Crippen LogP contribution in [0.4, 0.5) is 17.1 Å². The van der Waals surface area contributed by atoms with Crippen LogP contribution in [0, 0.1) is 13.8 Å². The van der Waals surface area contributed by atoms with Gasteiger partial charge in [-0.3, -0.25) is 0 Å². The van der Waals surface area contributed by atoms with Gasteiger partial charge in [-0.2, -0.15) is 0 Å². The molecule has 55 heavy (non-hydrogen) atoms. The first-order chi connectivity index (χ1) is 27.1. The molecule has 0 fully saturated rings. The van der Waals surface area contributed by atoms with E-state index in [-0.39, 0.29) is 0 Å². The number of rotatable bonds is 8. The lowest BCUT2D eigenvalue weighted by molar-refractivity contribution is 1.27. The van der Waals surface area contributed by atoms with Crippen LogP contribution < -0.4 is 4.90 Å². The number of aryl methyl sites for hydroxylation is 2. The molecule has 9 aromatic carbocycles. The van der Waals surface area contributed by atoms with Crippen molar-refractivity contribution >= 4 is 73.7 Å². The molecule has 0 radical (unpaired) electrons. The third-order valence-electron chi connectivity index (χ3n) is 10.7. The normalized spacial score (nSPS) is 11.7. The third-order valence-corrected chi connectivity index (χ3v) is 10.7. The van der Waals surface area contributed by atoms with Gasteiger partial charge < -0.3 is 4.90 Å². The molecule has 1 nitrogen and oxygen atoms in total. The Hall–Kier alpha value is -6.96. The van der Waals surface area contributed by atoms with Crippen molar-refractivity contribution in [3.05, 3.63) is 221 Å². The van der Waals surface area contributed by atoms with Gasteiger partial charge in [0.05, 0.1) is 0 Å². The fraction of sp³-hybridized carbons (Fsp3) is 0.0370. The number of hydrogen-bond donors (Lipinski definition) is 0. The highest BCUT2D eigenvalue weighted by molar-refractivity contribution is 6.26. The molecule has 0 saturated carbocycles. The van der Waals surface area contributed by atoms with Gasteiger partial charge in [-0.25, -0.2) is 0 Å². The van der Waals surface area contributed by atoms with Crippen molar-refractivity contribution in [2.75, 3.05) is 4.90 Å². The minimum Gasteiger partial charge on any atom is -0.310 e. The van der Waals surface area contributed by atoms with Crippen molar-refractivity contribution in [1.82, 2.24) is 0 Å². The van der Waals surface area contributed by atoms with Crippen LogP contribution in [-0.4, -0.2) is 0 Å². The zero-order valence-electron chi connectivity index (χ0n) is 31.2. The summed E-state index contributed by atoms with van der Waals surface area (Å²) in [5, 5.41) is 7.54. The molecule has 0 aliphatic heterocycles. The minimum atomic E-state index is 1.11. The summed E-state index contributed by atoms with van der Waals surface area (Å²) in [4.78, 5) is 2.40. The monoisotopic (exact) mass is 703 g/mol. The van der Waals surface area contributed by atoms with Gasteiger partial charge in [0.25, 0.3) is 0 Å². The van der Waals surface area contributed by atoms with Crippen LogP contribution in [-0.2, 0) is 0 Å². The molecule has 0 N–H and O–H groups in total. The van der Waals surface area contributed by atoms with Crippen LogP contribution >= 0.6 is 0 Å². The topological polar surface area (TPSA) is 3.24 Å². The van der Waals surface area contributed by atoms with Gasteiger partial charge in [0, 0.05) is 17.1 Å². The standard InChI is InChI=1S/C54H41N/c1-38-13-9-10-18-47(38)48-33-30-45(35-39(48)2)55(44-28-25-42(26-29-44)22-21-40-14-5-3-6-15-40)46-31-34-52-51-32-27-43(24-23-41-16-7-4-8-17-41)36-53(51)49-19-11-12-20-50(49)54(52)37-46/h3-37H,1-2H3. The maximum atomic E-state index is 2.40. The highest BCUT2D eigenvalue weighted by Gasteiger charge is 2.17. The summed E-state index contributed by atoms with van der Waals surface area (Å²) in [6.07, 6.45) is 8.75. The molecule has 9 aromatic rings. The molecule has 1 heteroatoms. The van der Waals surface area contributed by atoms with Crippen LogP contribution in [0.25, 0.3) is 67.7 Å². The highest BCUT2D eigenvalue weighted by atomic mass is 15.1. The Morgan fingerprint density at radius 1 is 0.291 bits per heavy atom. The van der Waals surface area contributed by atoms with Gasteiger partial charge in [0.15, 0.2) is 0 Å². The van der Waals surface area contributed by atoms with Gasteiger partial charge in [0.1, 0.15) is 0 Å². The van der Waals surface area contributed by atoms with Gasteiger partial charge >= 0.3 is 0 Å². The summed E-state index contributed by atoms with van der Waals surface area (Å²) in [5.74, 6) is 0. The Morgan fingerprint density at radius 2 is 0.727 bits per heavy atom. The van der Waals surface area contributed by atoms with Crippen LogP contribution in [0.2, 0.25) is 0 Å². The molecule has 0 atom stereocenters. The summed E-state index contributed by atoms with van der Waals surface area (Å²) in [5.41, 5.74) is 13.1. The second-order valence-corrected chi connectivity index (χ2v) is 14.3. The highest BCUT2D eigenvalue weighted by Crippen LogP contribution is 2.42. The lowest BCUT2D eigenvalue weighted by Gasteiger charge is -2.27. The third kappa shape index (κ3) is 6.85. The Bertz CT molecular complexity index is 2840. The van der Waals surface area contributed by atoms with E-state index >= 15 is 0 Å². The molecule has 0 aromatic heterocycles. The molecule has 9 rings (SSSR count).